The molecular weight excluding hydrogens is 376 g/mol. The maximum absolute atomic E-state index is 12.0. The van der Waals surface area contributed by atoms with Crippen molar-refractivity contribution in [3.05, 3.63) is 53.4 Å². The van der Waals surface area contributed by atoms with Gasteiger partial charge in [0.2, 0.25) is 3.79 Å². The largest absolute Gasteiger partial charge is 0.459 e. The number of halogens is 4. The molecule has 2 rings (SSSR count). The average molecular weight is 385 g/mol. The second-order valence-electron chi connectivity index (χ2n) is 3.94. The highest BCUT2D eigenvalue weighted by atomic mass is 35.6. The number of rotatable bonds is 4. The van der Waals surface area contributed by atoms with Gasteiger partial charge in [0.1, 0.15) is 5.37 Å². The van der Waals surface area contributed by atoms with Crippen LogP contribution in [0.1, 0.15) is 10.6 Å². The van der Waals surface area contributed by atoms with Gasteiger partial charge in [-0.1, -0.05) is 58.2 Å². The summed E-state index contributed by atoms with van der Waals surface area (Å²) >= 11 is 24.8. The van der Waals surface area contributed by atoms with Crippen molar-refractivity contribution in [2.45, 2.75) is 14.1 Å². The fraction of sp³-hybridized carbons (Fsp3) is 0.154. The monoisotopic (exact) mass is 383 g/mol. The smallest absolute Gasteiger partial charge is 0.287 e. The Hall–Kier alpha value is -0.520. The molecule has 1 aromatic heterocycles. The molecule has 1 amide bonds. The number of hydrogen-bond donors (Lipinski definition) is 1. The minimum atomic E-state index is -1.69. The normalized spacial score (nSPS) is 13.0. The number of carbonyl (C=O) groups excluding carboxylic acids is 1. The lowest BCUT2D eigenvalue weighted by Crippen LogP contribution is -2.41. The van der Waals surface area contributed by atoms with Crippen molar-refractivity contribution in [2.75, 3.05) is 0 Å². The topological polar surface area (TPSA) is 42.2 Å². The van der Waals surface area contributed by atoms with Crippen LogP contribution in [0.3, 0.4) is 0 Å². The van der Waals surface area contributed by atoms with Crippen molar-refractivity contribution >= 4 is 64.1 Å². The minimum Gasteiger partial charge on any atom is -0.459 e. The average Bonchev–Trinajstić information content (AvgIpc) is 2.93. The lowest BCUT2D eigenvalue weighted by molar-refractivity contribution is 0.0922. The third-order valence-electron chi connectivity index (χ3n) is 2.37. The Labute approximate surface area is 145 Å². The summed E-state index contributed by atoms with van der Waals surface area (Å²) in [6.07, 6.45) is 1.39. The van der Waals surface area contributed by atoms with E-state index in [1.165, 1.54) is 24.1 Å². The molecule has 3 nitrogen and oxygen atoms in total. The van der Waals surface area contributed by atoms with Crippen molar-refractivity contribution in [3.63, 3.8) is 0 Å². The molecule has 8 heteroatoms. The number of hydrogen-bond acceptors (Lipinski definition) is 3. The van der Waals surface area contributed by atoms with Crippen molar-refractivity contribution in [2.24, 2.45) is 0 Å². The molecule has 1 aromatic carbocycles. The van der Waals surface area contributed by atoms with Crippen LogP contribution in [0, 0.1) is 0 Å². The van der Waals surface area contributed by atoms with E-state index in [9.17, 15) is 4.79 Å². The zero-order chi connectivity index (χ0) is 15.5. The van der Waals surface area contributed by atoms with Crippen LogP contribution >= 0.6 is 58.2 Å². The lowest BCUT2D eigenvalue weighted by Gasteiger charge is -2.24. The van der Waals surface area contributed by atoms with E-state index in [2.05, 4.69) is 5.32 Å². The molecule has 0 aliphatic heterocycles. The number of furan rings is 1. The predicted molar refractivity (Wildman–Crippen MR) is 87.6 cm³/mol. The highest BCUT2D eigenvalue weighted by molar-refractivity contribution is 8.00. The molecule has 0 saturated carbocycles. The van der Waals surface area contributed by atoms with Crippen molar-refractivity contribution in [1.29, 1.82) is 0 Å². The molecule has 112 valence electrons. The number of benzene rings is 1. The Morgan fingerprint density at radius 3 is 2.38 bits per heavy atom. The SMILES string of the molecule is O=C(NC(Sc1ccc(Cl)cc1)C(Cl)(Cl)Cl)c1ccco1. The van der Waals surface area contributed by atoms with Gasteiger partial charge in [-0.25, -0.2) is 0 Å². The molecule has 1 N–H and O–H groups in total. The summed E-state index contributed by atoms with van der Waals surface area (Å²) in [6, 6.07) is 10.1. The van der Waals surface area contributed by atoms with Gasteiger partial charge in [-0.15, -0.1) is 0 Å². The van der Waals surface area contributed by atoms with E-state index in [0.29, 0.717) is 5.02 Å². The standard InChI is InChI=1S/C13H9Cl4NO2S/c14-8-3-5-9(6-4-8)21-12(13(15,16)17)18-11(19)10-2-1-7-20-10/h1-7,12H,(H,18,19). The molecule has 0 spiro atoms. The van der Waals surface area contributed by atoms with Crippen LogP contribution in [-0.2, 0) is 0 Å². The first-order valence-corrected chi connectivity index (χ1v) is 8.09. The summed E-state index contributed by atoms with van der Waals surface area (Å²) in [4.78, 5) is 12.8. The Morgan fingerprint density at radius 2 is 1.86 bits per heavy atom. The van der Waals surface area contributed by atoms with Crippen LogP contribution in [-0.4, -0.2) is 15.1 Å². The molecule has 0 saturated heterocycles. The molecule has 1 atom stereocenters. The van der Waals surface area contributed by atoms with Crippen LogP contribution in [0.2, 0.25) is 5.02 Å². The van der Waals surface area contributed by atoms with Gasteiger partial charge in [0.15, 0.2) is 5.76 Å². The number of thioether (sulfide) groups is 1. The summed E-state index contributed by atoms with van der Waals surface area (Å²) in [5.41, 5.74) is 0. The number of alkyl halides is 3. The zero-order valence-corrected chi connectivity index (χ0v) is 14.2. The summed E-state index contributed by atoms with van der Waals surface area (Å²) in [6.45, 7) is 0. The van der Waals surface area contributed by atoms with Gasteiger partial charge in [-0.3, -0.25) is 4.79 Å². The second-order valence-corrected chi connectivity index (χ2v) is 7.93. The van der Waals surface area contributed by atoms with Gasteiger partial charge < -0.3 is 9.73 Å². The quantitative estimate of drug-likeness (QED) is 0.450. The third kappa shape index (κ3) is 5.01. The van der Waals surface area contributed by atoms with E-state index in [1.54, 1.807) is 30.3 Å². The molecule has 1 unspecified atom stereocenters. The van der Waals surface area contributed by atoms with Crippen LogP contribution < -0.4 is 5.32 Å². The van der Waals surface area contributed by atoms with E-state index in [4.69, 9.17) is 50.8 Å². The highest BCUT2D eigenvalue weighted by Crippen LogP contribution is 2.39. The van der Waals surface area contributed by atoms with Gasteiger partial charge in [0.05, 0.1) is 6.26 Å². The van der Waals surface area contributed by atoms with E-state index in [1.807, 2.05) is 0 Å². The minimum absolute atomic E-state index is 0.144. The molecule has 0 bridgehead atoms. The van der Waals surface area contributed by atoms with Crippen molar-refractivity contribution in [1.82, 2.24) is 5.32 Å². The molecular formula is C13H9Cl4NO2S. The Balaban J connectivity index is 2.12. The van der Waals surface area contributed by atoms with Crippen molar-refractivity contribution < 1.29 is 9.21 Å². The fourth-order valence-corrected chi connectivity index (χ4v) is 2.98. The van der Waals surface area contributed by atoms with Gasteiger partial charge in [0, 0.05) is 9.92 Å². The second kappa shape index (κ2) is 7.16. The maximum Gasteiger partial charge on any atom is 0.287 e. The lowest BCUT2D eigenvalue weighted by atomic mass is 10.4. The molecule has 0 fully saturated rings. The van der Waals surface area contributed by atoms with Gasteiger partial charge in [0.25, 0.3) is 5.91 Å². The summed E-state index contributed by atoms with van der Waals surface area (Å²) in [7, 11) is 0. The Kier molecular flexibility index (Phi) is 5.74. The van der Waals surface area contributed by atoms with Crippen LogP contribution in [0.5, 0.6) is 0 Å². The molecule has 0 radical (unpaired) electrons. The molecule has 1 heterocycles. The first-order valence-electron chi connectivity index (χ1n) is 5.69. The van der Waals surface area contributed by atoms with Crippen LogP contribution in [0.4, 0.5) is 0 Å². The van der Waals surface area contributed by atoms with E-state index in [-0.39, 0.29) is 5.76 Å². The van der Waals surface area contributed by atoms with Crippen LogP contribution in [0.25, 0.3) is 0 Å². The Morgan fingerprint density at radius 1 is 1.19 bits per heavy atom. The molecule has 0 aliphatic rings. The molecule has 2 aromatic rings. The number of amides is 1. The highest BCUT2D eigenvalue weighted by Gasteiger charge is 2.35. The van der Waals surface area contributed by atoms with Crippen LogP contribution in [0.15, 0.2) is 52.0 Å². The first-order chi connectivity index (χ1) is 9.86. The third-order valence-corrected chi connectivity index (χ3v) is 4.92. The first kappa shape index (κ1) is 16.8. The van der Waals surface area contributed by atoms with E-state index < -0.39 is 15.1 Å². The maximum atomic E-state index is 12.0. The molecule has 21 heavy (non-hydrogen) atoms. The van der Waals surface area contributed by atoms with Crippen molar-refractivity contribution in [3.8, 4) is 0 Å². The van der Waals surface area contributed by atoms with E-state index >= 15 is 0 Å². The predicted octanol–water partition coefficient (Wildman–Crippen LogP) is 5.15. The number of carbonyl (C=O) groups is 1. The van der Waals surface area contributed by atoms with Gasteiger partial charge in [-0.2, -0.15) is 0 Å². The summed E-state index contributed by atoms with van der Waals surface area (Å²) < 4.78 is 3.32. The Bertz CT molecular complexity index is 596. The number of nitrogens with one attached hydrogen (secondary N) is 1. The molecule has 0 aliphatic carbocycles. The summed E-state index contributed by atoms with van der Waals surface area (Å²) in [5, 5.41) is 2.43. The van der Waals surface area contributed by atoms with Gasteiger partial charge >= 0.3 is 0 Å². The van der Waals surface area contributed by atoms with E-state index in [0.717, 1.165) is 4.90 Å². The zero-order valence-electron chi connectivity index (χ0n) is 10.4. The van der Waals surface area contributed by atoms with Gasteiger partial charge in [-0.05, 0) is 36.4 Å². The summed E-state index contributed by atoms with van der Waals surface area (Å²) in [5.74, 6) is -0.316. The fourth-order valence-electron chi connectivity index (χ4n) is 1.43.